The van der Waals surface area contributed by atoms with Crippen molar-refractivity contribution in [2.75, 3.05) is 24.5 Å². The van der Waals surface area contributed by atoms with E-state index in [0.717, 1.165) is 66.8 Å². The molecule has 4 aromatic rings. The Kier molecular flexibility index (Phi) is 9.57. The first-order valence-electron chi connectivity index (χ1n) is 14.9. The Morgan fingerprint density at radius 1 is 0.956 bits per heavy atom. The van der Waals surface area contributed by atoms with Crippen LogP contribution in [0.15, 0.2) is 90.0 Å². The molecule has 11 heteroatoms. The molecule has 2 fully saturated rings. The van der Waals surface area contributed by atoms with Gasteiger partial charge in [0.05, 0.1) is 22.0 Å². The Morgan fingerprint density at radius 3 is 2.58 bits per heavy atom. The van der Waals surface area contributed by atoms with Crippen LogP contribution >= 0.6 is 11.8 Å². The van der Waals surface area contributed by atoms with Gasteiger partial charge in [0.2, 0.25) is 5.95 Å². The highest BCUT2D eigenvalue weighted by atomic mass is 32.2. The Bertz CT molecular complexity index is 1720. The molecule has 3 amide bonds. The number of anilines is 1. The summed E-state index contributed by atoms with van der Waals surface area (Å²) in [5.41, 5.74) is 4.93. The molecule has 0 aliphatic carbocycles. The number of carbonyl (C=O) groups excluding carboxylic acids is 3. The fourth-order valence-electron chi connectivity index (χ4n) is 5.33. The maximum atomic E-state index is 12.8. The maximum Gasteiger partial charge on any atom is 0.290 e. The summed E-state index contributed by atoms with van der Waals surface area (Å²) in [6.07, 6.45) is 5.30. The Balaban J connectivity index is 0.982. The van der Waals surface area contributed by atoms with Crippen LogP contribution in [-0.2, 0) is 17.9 Å². The van der Waals surface area contributed by atoms with E-state index in [1.165, 1.54) is 0 Å². The summed E-state index contributed by atoms with van der Waals surface area (Å²) in [6.45, 7) is 3.68. The average Bonchev–Trinajstić information content (AvgIpc) is 3.40. The van der Waals surface area contributed by atoms with Gasteiger partial charge in [-0.2, -0.15) is 0 Å². The monoisotopic (exact) mass is 619 g/mol. The smallest absolute Gasteiger partial charge is 0.290 e. The van der Waals surface area contributed by atoms with Crippen LogP contribution in [0.5, 0.6) is 0 Å². The van der Waals surface area contributed by atoms with Crippen LogP contribution < -0.4 is 20.9 Å². The summed E-state index contributed by atoms with van der Waals surface area (Å²) in [6, 6.07) is 25.1. The van der Waals surface area contributed by atoms with Gasteiger partial charge in [-0.1, -0.05) is 48.5 Å². The molecule has 228 valence electrons. The van der Waals surface area contributed by atoms with Crippen molar-refractivity contribution < 1.29 is 14.4 Å². The van der Waals surface area contributed by atoms with E-state index in [0.29, 0.717) is 41.1 Å². The molecular weight excluding hydrogens is 586 g/mol. The van der Waals surface area contributed by atoms with Crippen LogP contribution in [-0.4, -0.2) is 51.6 Å². The lowest BCUT2D eigenvalue weighted by Crippen LogP contribution is -2.38. The number of hydrogen-bond donors (Lipinski definition) is 3. The number of rotatable bonds is 10. The van der Waals surface area contributed by atoms with E-state index < -0.39 is 5.91 Å². The van der Waals surface area contributed by atoms with Gasteiger partial charge in [0.25, 0.3) is 17.1 Å². The van der Waals surface area contributed by atoms with Gasteiger partial charge in [0.1, 0.15) is 0 Å². The van der Waals surface area contributed by atoms with E-state index in [1.807, 2.05) is 72.8 Å². The van der Waals surface area contributed by atoms with Crippen LogP contribution in [0, 0.1) is 5.92 Å². The number of piperidine rings is 1. The fraction of sp³-hybridized carbons (Fsp3) is 0.235. The lowest BCUT2D eigenvalue weighted by molar-refractivity contribution is -0.115. The molecule has 0 saturated carbocycles. The summed E-state index contributed by atoms with van der Waals surface area (Å²) in [5, 5.41) is 8.45. The number of imide groups is 1. The quantitative estimate of drug-likeness (QED) is 0.215. The molecule has 0 atom stereocenters. The van der Waals surface area contributed by atoms with Crippen LogP contribution in [0.25, 0.3) is 17.3 Å². The van der Waals surface area contributed by atoms with E-state index >= 15 is 0 Å². The summed E-state index contributed by atoms with van der Waals surface area (Å²) in [7, 11) is 0. The first-order chi connectivity index (χ1) is 22.0. The standard InChI is InChI=1S/C34H33N7O3S/c42-31(37-21-23-6-2-1-3-7-23)26-9-4-8-25(18-26)29-11-5-10-28(38-29)22-35-20-24-13-16-41(17-14-24)33-36-15-12-27(39-33)19-30-32(43)40-34(44)45-30/h1-12,15,18-19,24,35H,13-14,16-17,20-22H2,(H,37,42)(H,40,43,44)/b30-19-. The molecule has 0 radical (unpaired) electrons. The van der Waals surface area contributed by atoms with Gasteiger partial charge in [-0.15, -0.1) is 0 Å². The minimum absolute atomic E-state index is 0.115. The molecule has 2 saturated heterocycles. The van der Waals surface area contributed by atoms with E-state index in [4.69, 9.17) is 4.98 Å². The third kappa shape index (κ3) is 8.00. The molecule has 4 heterocycles. The Labute approximate surface area is 265 Å². The lowest BCUT2D eigenvalue weighted by Gasteiger charge is -2.32. The molecule has 3 N–H and O–H groups in total. The number of amides is 3. The largest absolute Gasteiger partial charge is 0.348 e. The second-order valence-electron chi connectivity index (χ2n) is 11.0. The zero-order valence-corrected chi connectivity index (χ0v) is 25.4. The highest BCUT2D eigenvalue weighted by molar-refractivity contribution is 8.18. The Morgan fingerprint density at radius 2 is 1.78 bits per heavy atom. The second-order valence-corrected chi connectivity index (χ2v) is 12.0. The van der Waals surface area contributed by atoms with E-state index in [2.05, 4.69) is 30.8 Å². The van der Waals surface area contributed by atoms with Crippen molar-refractivity contribution >= 4 is 40.8 Å². The molecule has 10 nitrogen and oxygen atoms in total. The topological polar surface area (TPSA) is 129 Å². The van der Waals surface area contributed by atoms with Gasteiger partial charge >= 0.3 is 0 Å². The Hall–Kier alpha value is -4.87. The van der Waals surface area contributed by atoms with Gasteiger partial charge in [-0.25, -0.2) is 9.97 Å². The van der Waals surface area contributed by atoms with Crippen molar-refractivity contribution in [3.05, 3.63) is 112 Å². The number of aromatic nitrogens is 3. The van der Waals surface area contributed by atoms with Crippen molar-refractivity contribution in [3.8, 4) is 11.3 Å². The normalized spacial score (nSPS) is 16.2. The first kappa shape index (κ1) is 30.2. The maximum absolute atomic E-state index is 12.8. The molecule has 2 aliphatic heterocycles. The number of nitrogens with one attached hydrogen (secondary N) is 3. The van der Waals surface area contributed by atoms with E-state index in [-0.39, 0.29) is 11.1 Å². The summed E-state index contributed by atoms with van der Waals surface area (Å²) in [5.74, 6) is 0.638. The van der Waals surface area contributed by atoms with Crippen molar-refractivity contribution in [2.45, 2.75) is 25.9 Å². The van der Waals surface area contributed by atoms with Crippen molar-refractivity contribution in [2.24, 2.45) is 5.92 Å². The molecule has 2 aromatic carbocycles. The van der Waals surface area contributed by atoms with Crippen LogP contribution in [0.3, 0.4) is 0 Å². The lowest BCUT2D eigenvalue weighted by atomic mass is 9.97. The fourth-order valence-corrected chi connectivity index (χ4v) is 6.00. The number of nitrogens with zero attached hydrogens (tertiary/aromatic N) is 4. The predicted molar refractivity (Wildman–Crippen MR) is 175 cm³/mol. The first-order valence-corrected chi connectivity index (χ1v) is 15.7. The predicted octanol–water partition coefficient (Wildman–Crippen LogP) is 4.80. The van der Waals surface area contributed by atoms with Gasteiger partial charge in [0, 0.05) is 43.5 Å². The minimum atomic E-state index is -0.395. The summed E-state index contributed by atoms with van der Waals surface area (Å²) in [4.78, 5) is 52.5. The molecule has 2 aromatic heterocycles. The average molecular weight is 620 g/mol. The van der Waals surface area contributed by atoms with E-state index in [1.54, 1.807) is 18.3 Å². The summed E-state index contributed by atoms with van der Waals surface area (Å²) < 4.78 is 0. The van der Waals surface area contributed by atoms with E-state index in [9.17, 15) is 14.4 Å². The van der Waals surface area contributed by atoms with Crippen molar-refractivity contribution in [3.63, 3.8) is 0 Å². The van der Waals surface area contributed by atoms with Crippen molar-refractivity contribution in [1.82, 2.24) is 30.9 Å². The molecule has 2 aliphatic rings. The number of carbonyl (C=O) groups is 3. The van der Waals surface area contributed by atoms with Crippen LogP contribution in [0.1, 0.15) is 40.2 Å². The second kappa shape index (κ2) is 14.3. The zero-order valence-electron chi connectivity index (χ0n) is 24.6. The van der Waals surface area contributed by atoms with Gasteiger partial charge in [-0.05, 0) is 79.0 Å². The van der Waals surface area contributed by atoms with Gasteiger partial charge in [0.15, 0.2) is 0 Å². The third-order valence-corrected chi connectivity index (χ3v) is 8.56. The molecule has 0 spiro atoms. The molecular formula is C34H33N7O3S. The zero-order chi connectivity index (χ0) is 31.0. The van der Waals surface area contributed by atoms with Gasteiger partial charge in [-0.3, -0.25) is 24.7 Å². The van der Waals surface area contributed by atoms with Crippen LogP contribution in [0.2, 0.25) is 0 Å². The number of thioether (sulfide) groups is 1. The summed E-state index contributed by atoms with van der Waals surface area (Å²) >= 11 is 0.880. The molecule has 45 heavy (non-hydrogen) atoms. The highest BCUT2D eigenvalue weighted by Crippen LogP contribution is 2.26. The molecule has 6 rings (SSSR count). The number of benzene rings is 2. The number of pyridine rings is 1. The SMILES string of the molecule is O=C1NC(=O)/C(=C/c2ccnc(N3CCC(CNCc4cccc(-c5cccc(C(=O)NCc6ccccc6)c5)n4)CC3)n2)S1. The van der Waals surface area contributed by atoms with Crippen molar-refractivity contribution in [1.29, 1.82) is 0 Å². The minimum Gasteiger partial charge on any atom is -0.348 e. The highest BCUT2D eigenvalue weighted by Gasteiger charge is 2.26. The molecule has 0 unspecified atom stereocenters. The van der Waals surface area contributed by atoms with Crippen LogP contribution in [0.4, 0.5) is 10.7 Å². The third-order valence-electron chi connectivity index (χ3n) is 7.75. The van der Waals surface area contributed by atoms with Gasteiger partial charge < -0.3 is 15.5 Å². The number of hydrogen-bond acceptors (Lipinski definition) is 9. The molecule has 0 bridgehead atoms.